The summed E-state index contributed by atoms with van der Waals surface area (Å²) in [6.45, 7) is 3.63. The third kappa shape index (κ3) is 4.47. The van der Waals surface area contributed by atoms with E-state index in [1.54, 1.807) is 0 Å². The van der Waals surface area contributed by atoms with Gasteiger partial charge in [-0.3, -0.25) is 0 Å². The zero-order valence-electron chi connectivity index (χ0n) is 11.1. The fourth-order valence-corrected chi connectivity index (χ4v) is 1.70. The van der Waals surface area contributed by atoms with E-state index in [-0.39, 0.29) is 12.6 Å². The predicted molar refractivity (Wildman–Crippen MR) is 70.3 cm³/mol. The topological polar surface area (TPSA) is 58.6 Å². The zero-order chi connectivity index (χ0) is 13.6. The van der Waals surface area contributed by atoms with Crippen molar-refractivity contribution in [3.8, 4) is 0 Å². The molecule has 0 heterocycles. The van der Waals surface area contributed by atoms with Gasteiger partial charge in [0.25, 0.3) is 0 Å². The number of hydrogen-bond donors (Lipinski definition) is 2. The second-order valence-corrected chi connectivity index (χ2v) is 4.74. The molecule has 4 nitrogen and oxygen atoms in total. The lowest BCUT2D eigenvalue weighted by atomic mass is 10.0. The lowest BCUT2D eigenvalue weighted by Crippen LogP contribution is -2.48. The highest BCUT2D eigenvalue weighted by molar-refractivity contribution is 5.78. The Labute approximate surface area is 108 Å². The van der Waals surface area contributed by atoms with Crippen molar-refractivity contribution < 1.29 is 14.6 Å². The largest absolute Gasteiger partial charge is 0.467 e. The van der Waals surface area contributed by atoms with Crippen molar-refractivity contribution in [2.24, 2.45) is 0 Å². The highest BCUT2D eigenvalue weighted by atomic mass is 16.5. The van der Waals surface area contributed by atoms with Crippen LogP contribution in [0.1, 0.15) is 19.4 Å². The monoisotopic (exact) mass is 251 g/mol. The molecule has 100 valence electrons. The van der Waals surface area contributed by atoms with Crippen molar-refractivity contribution in [3.63, 3.8) is 0 Å². The summed E-state index contributed by atoms with van der Waals surface area (Å²) >= 11 is 0. The van der Waals surface area contributed by atoms with Crippen LogP contribution in [0.2, 0.25) is 0 Å². The molecule has 0 radical (unpaired) electrons. The Balaban J connectivity index is 2.42. The number of methoxy groups -OCH3 is 1. The summed E-state index contributed by atoms with van der Waals surface area (Å²) in [6, 6.07) is 10.2. The van der Waals surface area contributed by atoms with Crippen LogP contribution in [0, 0.1) is 0 Å². The van der Waals surface area contributed by atoms with Crippen LogP contribution >= 0.6 is 0 Å². The van der Waals surface area contributed by atoms with Gasteiger partial charge in [-0.2, -0.15) is 0 Å². The highest BCUT2D eigenvalue weighted by Gasteiger charge is 2.31. The Bertz CT molecular complexity index is 376. The highest BCUT2D eigenvalue weighted by Crippen LogP contribution is 2.06. The van der Waals surface area contributed by atoms with Gasteiger partial charge in [-0.05, 0) is 25.8 Å². The SMILES string of the molecule is COC(=O)C(C)(O)CNC(C)Cc1ccccc1. The molecular formula is C14H21NO3. The zero-order valence-corrected chi connectivity index (χ0v) is 11.1. The maximum absolute atomic E-state index is 11.3. The number of benzene rings is 1. The Kier molecular flexibility index (Phi) is 5.31. The first-order chi connectivity index (χ1) is 8.45. The van der Waals surface area contributed by atoms with Crippen LogP contribution in [0.4, 0.5) is 0 Å². The van der Waals surface area contributed by atoms with Crippen molar-refractivity contribution in [2.45, 2.75) is 31.9 Å². The summed E-state index contributed by atoms with van der Waals surface area (Å²) in [4.78, 5) is 11.3. The third-order valence-electron chi connectivity index (χ3n) is 2.80. The molecule has 0 aliphatic heterocycles. The first-order valence-electron chi connectivity index (χ1n) is 6.04. The summed E-state index contributed by atoms with van der Waals surface area (Å²) in [7, 11) is 1.27. The minimum atomic E-state index is -1.49. The van der Waals surface area contributed by atoms with E-state index in [4.69, 9.17) is 0 Å². The minimum absolute atomic E-state index is 0.170. The van der Waals surface area contributed by atoms with Crippen LogP contribution in [-0.2, 0) is 16.0 Å². The fraction of sp³-hybridized carbons (Fsp3) is 0.500. The molecule has 1 rings (SSSR count). The Morgan fingerprint density at radius 1 is 1.44 bits per heavy atom. The molecule has 4 heteroatoms. The smallest absolute Gasteiger partial charge is 0.338 e. The van der Waals surface area contributed by atoms with Gasteiger partial charge in [0.15, 0.2) is 5.60 Å². The van der Waals surface area contributed by atoms with Crippen molar-refractivity contribution in [1.29, 1.82) is 0 Å². The van der Waals surface area contributed by atoms with Crippen LogP contribution < -0.4 is 5.32 Å². The van der Waals surface area contributed by atoms with E-state index in [0.717, 1.165) is 6.42 Å². The van der Waals surface area contributed by atoms with Crippen LogP contribution in [0.5, 0.6) is 0 Å². The Morgan fingerprint density at radius 2 is 2.06 bits per heavy atom. The average Bonchev–Trinajstić information content (AvgIpc) is 2.36. The summed E-state index contributed by atoms with van der Waals surface area (Å²) < 4.78 is 4.54. The lowest BCUT2D eigenvalue weighted by molar-refractivity contribution is -0.160. The van der Waals surface area contributed by atoms with E-state index in [2.05, 4.69) is 22.2 Å². The molecule has 0 saturated heterocycles. The molecule has 0 bridgehead atoms. The molecule has 0 spiro atoms. The summed E-state index contributed by atoms with van der Waals surface area (Å²) in [5, 5.41) is 13.0. The molecule has 0 aromatic heterocycles. The van der Waals surface area contributed by atoms with Gasteiger partial charge in [0.05, 0.1) is 7.11 Å². The Hall–Kier alpha value is -1.39. The van der Waals surface area contributed by atoms with Gasteiger partial charge in [0.2, 0.25) is 0 Å². The van der Waals surface area contributed by atoms with Gasteiger partial charge in [0.1, 0.15) is 0 Å². The number of rotatable bonds is 6. The molecule has 1 aromatic carbocycles. The maximum Gasteiger partial charge on any atom is 0.338 e. The van der Waals surface area contributed by atoms with Crippen molar-refractivity contribution in [3.05, 3.63) is 35.9 Å². The van der Waals surface area contributed by atoms with E-state index in [0.29, 0.717) is 0 Å². The lowest BCUT2D eigenvalue weighted by Gasteiger charge is -2.23. The summed E-state index contributed by atoms with van der Waals surface area (Å²) in [5.41, 5.74) is -0.269. The van der Waals surface area contributed by atoms with Crippen LogP contribution in [0.15, 0.2) is 30.3 Å². The van der Waals surface area contributed by atoms with Crippen LogP contribution in [0.3, 0.4) is 0 Å². The van der Waals surface area contributed by atoms with Gasteiger partial charge in [0, 0.05) is 12.6 Å². The molecule has 0 aliphatic rings. The number of nitrogens with one attached hydrogen (secondary N) is 1. The molecule has 0 amide bonds. The number of carbonyl (C=O) groups is 1. The molecule has 2 N–H and O–H groups in total. The summed E-state index contributed by atoms with van der Waals surface area (Å²) in [6.07, 6.45) is 0.845. The second kappa shape index (κ2) is 6.52. The number of hydrogen-bond acceptors (Lipinski definition) is 4. The van der Waals surface area contributed by atoms with Crippen LogP contribution in [-0.4, -0.2) is 36.4 Å². The molecule has 1 aromatic rings. The molecule has 0 aliphatic carbocycles. The van der Waals surface area contributed by atoms with E-state index in [1.165, 1.54) is 19.6 Å². The van der Waals surface area contributed by atoms with E-state index >= 15 is 0 Å². The minimum Gasteiger partial charge on any atom is -0.467 e. The molecule has 0 saturated carbocycles. The van der Waals surface area contributed by atoms with Gasteiger partial charge in [-0.15, -0.1) is 0 Å². The molecule has 0 fully saturated rings. The number of ether oxygens (including phenoxy) is 1. The van der Waals surface area contributed by atoms with E-state index < -0.39 is 11.6 Å². The molecule has 2 unspecified atom stereocenters. The predicted octanol–water partition coefficient (Wildman–Crippen LogP) is 1.13. The number of carbonyl (C=O) groups excluding carboxylic acids is 1. The molecule has 18 heavy (non-hydrogen) atoms. The molecule has 2 atom stereocenters. The Morgan fingerprint density at radius 3 is 2.61 bits per heavy atom. The average molecular weight is 251 g/mol. The third-order valence-corrected chi connectivity index (χ3v) is 2.80. The standard InChI is InChI=1S/C14H21NO3/c1-11(9-12-7-5-4-6-8-12)15-10-14(2,17)13(16)18-3/h4-8,11,15,17H,9-10H2,1-3H3. The first kappa shape index (κ1) is 14.7. The quantitative estimate of drug-likeness (QED) is 0.744. The van der Waals surface area contributed by atoms with Gasteiger partial charge in [-0.25, -0.2) is 4.79 Å². The van der Waals surface area contributed by atoms with Crippen molar-refractivity contribution in [2.75, 3.05) is 13.7 Å². The second-order valence-electron chi connectivity index (χ2n) is 4.74. The molecular weight excluding hydrogens is 230 g/mol. The normalized spacial score (nSPS) is 15.8. The van der Waals surface area contributed by atoms with Crippen molar-refractivity contribution >= 4 is 5.97 Å². The van der Waals surface area contributed by atoms with Crippen LogP contribution in [0.25, 0.3) is 0 Å². The van der Waals surface area contributed by atoms with Gasteiger partial charge >= 0.3 is 5.97 Å². The van der Waals surface area contributed by atoms with E-state index in [9.17, 15) is 9.90 Å². The maximum atomic E-state index is 11.3. The summed E-state index contributed by atoms with van der Waals surface area (Å²) in [5.74, 6) is -0.623. The van der Waals surface area contributed by atoms with E-state index in [1.807, 2.05) is 25.1 Å². The first-order valence-corrected chi connectivity index (χ1v) is 6.04. The van der Waals surface area contributed by atoms with Gasteiger partial charge < -0.3 is 15.2 Å². The fourth-order valence-electron chi connectivity index (χ4n) is 1.70. The number of aliphatic hydroxyl groups is 1. The number of esters is 1. The van der Waals surface area contributed by atoms with Gasteiger partial charge in [-0.1, -0.05) is 30.3 Å². The van der Waals surface area contributed by atoms with Crippen molar-refractivity contribution in [1.82, 2.24) is 5.32 Å².